The number of ether oxygens (including phenoxy) is 2. The number of hydrogen-bond acceptors (Lipinski definition) is 4. The van der Waals surface area contributed by atoms with Crippen molar-refractivity contribution in [2.75, 3.05) is 13.7 Å². The van der Waals surface area contributed by atoms with E-state index in [9.17, 15) is 9.59 Å². The summed E-state index contributed by atoms with van der Waals surface area (Å²) in [5.74, 6) is -0.937. The molecular formula is C10H16O4. The third kappa shape index (κ3) is 3.20. The highest BCUT2D eigenvalue weighted by Crippen LogP contribution is 2.11. The summed E-state index contributed by atoms with van der Waals surface area (Å²) >= 11 is 0. The molecule has 0 aliphatic heterocycles. The average molecular weight is 200 g/mol. The first-order chi connectivity index (χ1) is 6.58. The molecule has 0 aliphatic rings. The smallest absolute Gasteiger partial charge is 0.334 e. The summed E-state index contributed by atoms with van der Waals surface area (Å²) in [5.41, 5.74) is 0.687. The quantitative estimate of drug-likeness (QED) is 0.509. The van der Waals surface area contributed by atoms with Crippen LogP contribution >= 0.6 is 0 Å². The van der Waals surface area contributed by atoms with Gasteiger partial charge in [0, 0.05) is 11.1 Å². The van der Waals surface area contributed by atoms with Gasteiger partial charge in [-0.3, -0.25) is 0 Å². The third-order valence-electron chi connectivity index (χ3n) is 1.82. The Morgan fingerprint density at radius 3 is 2.07 bits per heavy atom. The van der Waals surface area contributed by atoms with E-state index in [2.05, 4.69) is 4.74 Å². The SMILES string of the molecule is CCOC(=O)C(CC)=C(C)C(=O)OC. The standard InChI is InChI=1S/C10H16O4/c1-5-8(10(12)14-6-2)7(3)9(11)13-4/h5-6H2,1-4H3. The third-order valence-corrected chi connectivity index (χ3v) is 1.82. The predicted molar refractivity (Wildman–Crippen MR) is 51.6 cm³/mol. The minimum Gasteiger partial charge on any atom is -0.466 e. The Balaban J connectivity index is 4.83. The second-order valence-electron chi connectivity index (χ2n) is 2.67. The van der Waals surface area contributed by atoms with Gasteiger partial charge >= 0.3 is 11.9 Å². The second kappa shape index (κ2) is 6.18. The Morgan fingerprint density at radius 2 is 1.71 bits per heavy atom. The van der Waals surface area contributed by atoms with E-state index in [-0.39, 0.29) is 0 Å². The zero-order chi connectivity index (χ0) is 11.1. The molecule has 0 aromatic carbocycles. The molecule has 0 N–H and O–H groups in total. The van der Waals surface area contributed by atoms with Gasteiger partial charge in [-0.1, -0.05) is 6.92 Å². The van der Waals surface area contributed by atoms with Gasteiger partial charge in [0.25, 0.3) is 0 Å². The van der Waals surface area contributed by atoms with Crippen molar-refractivity contribution < 1.29 is 19.1 Å². The Labute approximate surface area is 83.9 Å². The molecule has 0 aromatic heterocycles. The van der Waals surface area contributed by atoms with E-state index in [4.69, 9.17) is 4.74 Å². The molecule has 4 nitrogen and oxygen atoms in total. The number of hydrogen-bond donors (Lipinski definition) is 0. The maximum absolute atomic E-state index is 11.3. The van der Waals surface area contributed by atoms with Crippen LogP contribution in [0.3, 0.4) is 0 Å². The first-order valence-electron chi connectivity index (χ1n) is 4.53. The molecule has 0 rings (SSSR count). The summed E-state index contributed by atoms with van der Waals surface area (Å²) in [5, 5.41) is 0. The maximum atomic E-state index is 11.3. The number of carbonyl (C=O) groups excluding carboxylic acids is 2. The van der Waals surface area contributed by atoms with Gasteiger partial charge in [0.1, 0.15) is 0 Å². The van der Waals surface area contributed by atoms with E-state index in [0.717, 1.165) is 0 Å². The van der Waals surface area contributed by atoms with Crippen LogP contribution in [-0.2, 0) is 19.1 Å². The predicted octanol–water partition coefficient (Wildman–Crippen LogP) is 1.45. The summed E-state index contributed by atoms with van der Waals surface area (Å²) in [6.07, 6.45) is 0.458. The van der Waals surface area contributed by atoms with Gasteiger partial charge < -0.3 is 9.47 Å². The van der Waals surface area contributed by atoms with Crippen molar-refractivity contribution in [3.05, 3.63) is 11.1 Å². The molecular weight excluding hydrogens is 184 g/mol. The fourth-order valence-corrected chi connectivity index (χ4v) is 1.06. The Hall–Kier alpha value is -1.32. The minimum atomic E-state index is -0.491. The van der Waals surface area contributed by atoms with Crippen LogP contribution in [-0.4, -0.2) is 25.7 Å². The monoisotopic (exact) mass is 200 g/mol. The average Bonchev–Trinajstić information content (AvgIpc) is 2.18. The summed E-state index contributed by atoms with van der Waals surface area (Å²) in [6.45, 7) is 5.37. The van der Waals surface area contributed by atoms with Crippen molar-refractivity contribution in [3.8, 4) is 0 Å². The second-order valence-corrected chi connectivity index (χ2v) is 2.67. The normalized spacial score (nSPS) is 11.7. The van der Waals surface area contributed by atoms with E-state index in [0.29, 0.717) is 24.2 Å². The fraction of sp³-hybridized carbons (Fsp3) is 0.600. The Morgan fingerprint density at radius 1 is 1.14 bits per heavy atom. The molecule has 0 saturated heterocycles. The molecule has 0 aliphatic carbocycles. The van der Waals surface area contributed by atoms with Crippen molar-refractivity contribution in [1.82, 2.24) is 0 Å². The van der Waals surface area contributed by atoms with Gasteiger partial charge in [-0.25, -0.2) is 9.59 Å². The molecule has 0 saturated carbocycles. The summed E-state index contributed by atoms with van der Waals surface area (Å²) in [7, 11) is 1.28. The van der Waals surface area contributed by atoms with Crippen LogP contribution < -0.4 is 0 Å². The van der Waals surface area contributed by atoms with Crippen molar-refractivity contribution in [2.24, 2.45) is 0 Å². The first-order valence-corrected chi connectivity index (χ1v) is 4.53. The van der Waals surface area contributed by atoms with E-state index < -0.39 is 11.9 Å². The van der Waals surface area contributed by atoms with Gasteiger partial charge in [-0.2, -0.15) is 0 Å². The van der Waals surface area contributed by atoms with Gasteiger partial charge in [-0.15, -0.1) is 0 Å². The maximum Gasteiger partial charge on any atom is 0.334 e. The zero-order valence-electron chi connectivity index (χ0n) is 9.05. The highest BCUT2D eigenvalue weighted by atomic mass is 16.5. The van der Waals surface area contributed by atoms with Crippen molar-refractivity contribution in [1.29, 1.82) is 0 Å². The van der Waals surface area contributed by atoms with Crippen LogP contribution in [0.15, 0.2) is 11.1 Å². The topological polar surface area (TPSA) is 52.6 Å². The van der Waals surface area contributed by atoms with Crippen LogP contribution in [0, 0.1) is 0 Å². The molecule has 14 heavy (non-hydrogen) atoms. The Kier molecular flexibility index (Phi) is 5.60. The molecule has 4 heteroatoms. The molecule has 0 heterocycles. The van der Waals surface area contributed by atoms with Gasteiger partial charge in [0.15, 0.2) is 0 Å². The zero-order valence-corrected chi connectivity index (χ0v) is 9.05. The largest absolute Gasteiger partial charge is 0.466 e. The Bertz CT molecular complexity index is 253. The molecule has 0 unspecified atom stereocenters. The summed E-state index contributed by atoms with van der Waals surface area (Å²) in [6, 6.07) is 0. The molecule has 0 radical (unpaired) electrons. The minimum absolute atomic E-state index is 0.302. The summed E-state index contributed by atoms with van der Waals surface area (Å²) < 4.78 is 9.32. The van der Waals surface area contributed by atoms with E-state index in [1.165, 1.54) is 7.11 Å². The molecule has 0 amide bonds. The highest BCUT2D eigenvalue weighted by molar-refractivity contribution is 5.99. The van der Waals surface area contributed by atoms with E-state index in [1.54, 1.807) is 20.8 Å². The van der Waals surface area contributed by atoms with E-state index >= 15 is 0 Å². The van der Waals surface area contributed by atoms with E-state index in [1.807, 2.05) is 0 Å². The van der Waals surface area contributed by atoms with Crippen LogP contribution in [0.1, 0.15) is 27.2 Å². The van der Waals surface area contributed by atoms with Crippen molar-refractivity contribution >= 4 is 11.9 Å². The molecule has 0 aromatic rings. The molecule has 0 fully saturated rings. The van der Waals surface area contributed by atoms with Crippen LogP contribution in [0.2, 0.25) is 0 Å². The van der Waals surface area contributed by atoms with Crippen molar-refractivity contribution in [2.45, 2.75) is 27.2 Å². The lowest BCUT2D eigenvalue weighted by atomic mass is 10.1. The molecule has 0 spiro atoms. The lowest BCUT2D eigenvalue weighted by molar-refractivity contribution is -0.140. The van der Waals surface area contributed by atoms with Gasteiger partial charge in [0.05, 0.1) is 13.7 Å². The van der Waals surface area contributed by atoms with Gasteiger partial charge in [-0.05, 0) is 20.3 Å². The summed E-state index contributed by atoms with van der Waals surface area (Å²) in [4.78, 5) is 22.5. The fourth-order valence-electron chi connectivity index (χ4n) is 1.06. The first kappa shape index (κ1) is 12.7. The van der Waals surface area contributed by atoms with Crippen LogP contribution in [0.4, 0.5) is 0 Å². The molecule has 0 atom stereocenters. The number of esters is 2. The number of rotatable bonds is 4. The number of methoxy groups -OCH3 is 1. The van der Waals surface area contributed by atoms with Crippen molar-refractivity contribution in [3.63, 3.8) is 0 Å². The molecule has 0 bridgehead atoms. The number of carbonyl (C=O) groups is 2. The molecule has 80 valence electrons. The lowest BCUT2D eigenvalue weighted by Gasteiger charge is -2.07. The highest BCUT2D eigenvalue weighted by Gasteiger charge is 2.16. The van der Waals surface area contributed by atoms with Gasteiger partial charge in [0.2, 0.25) is 0 Å². The van der Waals surface area contributed by atoms with Crippen LogP contribution in [0.5, 0.6) is 0 Å². The lowest BCUT2D eigenvalue weighted by Crippen LogP contribution is -2.13. The van der Waals surface area contributed by atoms with Crippen LogP contribution in [0.25, 0.3) is 0 Å².